The van der Waals surface area contributed by atoms with Crippen molar-refractivity contribution >= 4 is 22.9 Å². The molecule has 0 N–H and O–H groups in total. The molecule has 0 unspecified atom stereocenters. The molecule has 1 aromatic rings. The first-order chi connectivity index (χ1) is 5.50. The summed E-state index contributed by atoms with van der Waals surface area (Å²) < 4.78 is 35.0. The molecule has 0 aliphatic rings. The molecule has 0 fully saturated rings. The van der Waals surface area contributed by atoms with Gasteiger partial charge in [0.15, 0.2) is 4.47 Å². The van der Waals surface area contributed by atoms with Crippen molar-refractivity contribution in [3.05, 3.63) is 15.5 Å². The van der Waals surface area contributed by atoms with Crippen LogP contribution >= 0.6 is 22.9 Å². The van der Waals surface area contributed by atoms with Crippen molar-refractivity contribution in [3.8, 4) is 0 Å². The lowest BCUT2D eigenvalue weighted by molar-refractivity contribution is -0.134. The molecule has 0 bridgehead atoms. The first kappa shape index (κ1) is 11.7. The smallest absolute Gasteiger partial charge is 0.233 e. The molecule has 12 heavy (non-hydrogen) atoms. The molecule has 0 aromatic carbocycles. The number of rotatable bonds is 0. The van der Waals surface area contributed by atoms with Crippen LogP contribution in [0.5, 0.6) is 0 Å². The van der Waals surface area contributed by atoms with E-state index >= 15 is 0 Å². The third-order valence-corrected chi connectivity index (χ3v) is 1.92. The second-order valence-electron chi connectivity index (χ2n) is 1.48. The van der Waals surface area contributed by atoms with Crippen LogP contribution in [0.2, 0.25) is 4.47 Å². The molecule has 0 aliphatic heterocycles. The third kappa shape index (κ3) is 3.40. The second-order valence-corrected chi connectivity index (χ2v) is 3.09. The van der Waals surface area contributed by atoms with E-state index in [0.29, 0.717) is 17.5 Å². The van der Waals surface area contributed by atoms with E-state index < -0.39 is 11.1 Å². The van der Waals surface area contributed by atoms with E-state index in [1.165, 1.54) is 0 Å². The van der Waals surface area contributed by atoms with Gasteiger partial charge in [-0.15, -0.1) is 0 Å². The van der Waals surface area contributed by atoms with E-state index in [9.17, 15) is 13.2 Å². The first-order valence-corrected chi connectivity index (χ1v) is 4.38. The maximum Gasteiger partial charge on any atom is 0.427 e. The monoisotopic (exact) mass is 217 g/mol. The Bertz CT molecular complexity index is 233. The fourth-order valence-electron chi connectivity index (χ4n) is 0.384. The summed E-state index contributed by atoms with van der Waals surface area (Å²) in [4.78, 5) is 2.48. The van der Waals surface area contributed by atoms with Gasteiger partial charge in [0.1, 0.15) is 4.88 Å². The highest BCUT2D eigenvalue weighted by Gasteiger charge is 2.32. The van der Waals surface area contributed by atoms with Gasteiger partial charge in [0.2, 0.25) is 0 Å². The van der Waals surface area contributed by atoms with Crippen molar-refractivity contribution in [2.45, 2.75) is 20.0 Å². The van der Waals surface area contributed by atoms with Crippen molar-refractivity contribution < 1.29 is 13.2 Å². The van der Waals surface area contributed by atoms with Crippen LogP contribution in [0.1, 0.15) is 18.7 Å². The zero-order valence-electron chi connectivity index (χ0n) is 6.44. The highest BCUT2D eigenvalue weighted by molar-refractivity contribution is 7.15. The minimum absolute atomic E-state index is 0.0904. The Kier molecular flexibility index (Phi) is 4.55. The Morgan fingerprint density at radius 2 is 1.92 bits per heavy atom. The normalized spacial score (nSPS) is 10.5. The van der Waals surface area contributed by atoms with Crippen molar-refractivity contribution in [2.75, 3.05) is 0 Å². The van der Waals surface area contributed by atoms with E-state index in [1.54, 1.807) is 0 Å². The molecule has 0 radical (unpaired) electrons. The van der Waals surface area contributed by atoms with Gasteiger partial charge in [-0.25, -0.2) is 4.98 Å². The van der Waals surface area contributed by atoms with Crippen LogP contribution in [0.15, 0.2) is 6.20 Å². The number of hydrogen-bond donors (Lipinski definition) is 0. The molecule has 0 amide bonds. The lowest BCUT2D eigenvalue weighted by Gasteiger charge is -1.98. The summed E-state index contributed by atoms with van der Waals surface area (Å²) in [5, 5.41) is 0. The predicted octanol–water partition coefficient (Wildman–Crippen LogP) is 3.84. The average Bonchev–Trinajstić information content (AvgIpc) is 2.39. The molecule has 0 aliphatic carbocycles. The lowest BCUT2D eigenvalue weighted by atomic mass is 10.5. The molecule has 70 valence electrons. The van der Waals surface area contributed by atoms with Crippen molar-refractivity contribution in [1.29, 1.82) is 0 Å². The van der Waals surface area contributed by atoms with Gasteiger partial charge in [0.05, 0.1) is 6.20 Å². The average molecular weight is 218 g/mol. The zero-order chi connectivity index (χ0) is 9.78. The number of nitrogens with zero attached hydrogens (tertiary/aromatic N) is 1. The Labute approximate surface area is 77.2 Å². The topological polar surface area (TPSA) is 12.9 Å². The summed E-state index contributed by atoms with van der Waals surface area (Å²) in [5.74, 6) is 0. The molecule has 0 spiro atoms. The minimum atomic E-state index is -4.31. The Morgan fingerprint density at radius 3 is 2.08 bits per heavy atom. The van der Waals surface area contributed by atoms with Crippen molar-refractivity contribution in [3.63, 3.8) is 0 Å². The summed E-state index contributed by atoms with van der Waals surface area (Å²) in [5.41, 5.74) is 0. The van der Waals surface area contributed by atoms with Gasteiger partial charge in [-0.1, -0.05) is 36.8 Å². The van der Waals surface area contributed by atoms with Crippen LogP contribution < -0.4 is 0 Å². The standard InChI is InChI=1S/C4HClF3NS.C2H6/c5-3-9-1-2(10-3)4(6,7)8;1-2/h1H;1-2H3. The number of hydrogen-bond acceptors (Lipinski definition) is 2. The Hall–Kier alpha value is -0.290. The molecule has 0 saturated heterocycles. The maximum atomic E-state index is 11.7. The molecule has 0 saturated carbocycles. The van der Waals surface area contributed by atoms with Gasteiger partial charge >= 0.3 is 6.18 Å². The third-order valence-electron chi connectivity index (χ3n) is 0.757. The lowest BCUT2D eigenvalue weighted by Crippen LogP contribution is -2.00. The number of aromatic nitrogens is 1. The number of alkyl halides is 3. The number of thiazole rings is 1. The van der Waals surface area contributed by atoms with Crippen LogP contribution in [-0.4, -0.2) is 4.98 Å². The molecule has 6 heteroatoms. The highest BCUT2D eigenvalue weighted by atomic mass is 35.5. The molecule has 0 atom stereocenters. The Morgan fingerprint density at radius 1 is 1.42 bits per heavy atom. The maximum absolute atomic E-state index is 11.7. The molecular weight excluding hydrogens is 211 g/mol. The van der Waals surface area contributed by atoms with Gasteiger partial charge in [-0.05, 0) is 0 Å². The van der Waals surface area contributed by atoms with Gasteiger partial charge in [-0.2, -0.15) is 13.2 Å². The van der Waals surface area contributed by atoms with Crippen molar-refractivity contribution in [2.24, 2.45) is 0 Å². The highest BCUT2D eigenvalue weighted by Crippen LogP contribution is 2.34. The zero-order valence-corrected chi connectivity index (χ0v) is 8.02. The van der Waals surface area contributed by atoms with Gasteiger partial charge in [0, 0.05) is 0 Å². The Balaban J connectivity index is 0.000000561. The van der Waals surface area contributed by atoms with E-state index in [0.717, 1.165) is 0 Å². The quantitative estimate of drug-likeness (QED) is 0.644. The summed E-state index contributed by atoms with van der Waals surface area (Å²) in [6.45, 7) is 4.00. The predicted molar refractivity (Wildman–Crippen MR) is 43.5 cm³/mol. The summed E-state index contributed by atoms with van der Waals surface area (Å²) >= 11 is 5.60. The largest absolute Gasteiger partial charge is 0.427 e. The summed E-state index contributed by atoms with van der Waals surface area (Å²) in [7, 11) is 0. The molecule has 1 aromatic heterocycles. The van der Waals surface area contributed by atoms with E-state index in [1.807, 2.05) is 13.8 Å². The number of halogens is 4. The summed E-state index contributed by atoms with van der Waals surface area (Å²) in [6.07, 6.45) is -3.60. The second kappa shape index (κ2) is 4.67. The van der Waals surface area contributed by atoms with Crippen LogP contribution in [0.25, 0.3) is 0 Å². The van der Waals surface area contributed by atoms with E-state index in [-0.39, 0.29) is 4.47 Å². The first-order valence-electron chi connectivity index (χ1n) is 3.18. The molecular formula is C6H7ClF3NS. The molecule has 1 nitrogen and oxygen atoms in total. The van der Waals surface area contributed by atoms with Crippen LogP contribution in [0, 0.1) is 0 Å². The SMILES string of the molecule is CC.FC(F)(F)c1cnc(Cl)s1. The van der Waals surface area contributed by atoms with Crippen molar-refractivity contribution in [1.82, 2.24) is 4.98 Å². The van der Waals surface area contributed by atoms with Gasteiger partial charge < -0.3 is 0 Å². The van der Waals surface area contributed by atoms with Crippen LogP contribution in [-0.2, 0) is 6.18 Å². The van der Waals surface area contributed by atoms with Gasteiger partial charge in [0.25, 0.3) is 0 Å². The summed E-state index contributed by atoms with van der Waals surface area (Å²) in [6, 6.07) is 0. The van der Waals surface area contributed by atoms with Crippen LogP contribution in [0.4, 0.5) is 13.2 Å². The minimum Gasteiger partial charge on any atom is -0.233 e. The van der Waals surface area contributed by atoms with Crippen LogP contribution in [0.3, 0.4) is 0 Å². The van der Waals surface area contributed by atoms with E-state index in [2.05, 4.69) is 4.98 Å². The molecule has 1 heterocycles. The molecule has 1 rings (SSSR count). The fourth-order valence-corrected chi connectivity index (χ4v) is 1.19. The fraction of sp³-hybridized carbons (Fsp3) is 0.500. The van der Waals surface area contributed by atoms with E-state index in [4.69, 9.17) is 11.6 Å². The van der Waals surface area contributed by atoms with Gasteiger partial charge in [-0.3, -0.25) is 0 Å².